The molecule has 0 aliphatic carbocycles. The molecule has 0 radical (unpaired) electrons. The lowest BCUT2D eigenvalue weighted by atomic mass is 9.85. The fraction of sp³-hybridized carbons (Fsp3) is 0.417. The van der Waals surface area contributed by atoms with Crippen LogP contribution in [-0.2, 0) is 16.0 Å². The van der Waals surface area contributed by atoms with Crippen molar-refractivity contribution in [2.45, 2.75) is 26.3 Å². The molecule has 1 aromatic rings. The van der Waals surface area contributed by atoms with Crippen LogP contribution in [-0.4, -0.2) is 28.0 Å². The zero-order chi connectivity index (χ0) is 13.7. The molecule has 1 unspecified atom stereocenters. The molecule has 4 N–H and O–H groups in total. The molecule has 0 aromatic carbocycles. The van der Waals surface area contributed by atoms with Crippen molar-refractivity contribution in [2.24, 2.45) is 5.92 Å². The highest BCUT2D eigenvalue weighted by molar-refractivity contribution is 5.96. The zero-order valence-corrected chi connectivity index (χ0v) is 10.4. The van der Waals surface area contributed by atoms with Crippen molar-refractivity contribution in [1.82, 2.24) is 10.3 Å². The summed E-state index contributed by atoms with van der Waals surface area (Å²) in [6.07, 6.45) is 1.91. The van der Waals surface area contributed by atoms with Crippen LogP contribution in [0.1, 0.15) is 19.4 Å². The van der Waals surface area contributed by atoms with E-state index in [2.05, 4.69) is 10.3 Å². The summed E-state index contributed by atoms with van der Waals surface area (Å²) in [5.74, 6) is -1.39. The van der Waals surface area contributed by atoms with Crippen LogP contribution < -0.4 is 11.1 Å². The second kappa shape index (κ2) is 6.00. The Morgan fingerprint density at radius 2 is 2.22 bits per heavy atom. The van der Waals surface area contributed by atoms with Gasteiger partial charge in [-0.2, -0.15) is 0 Å². The first-order valence-electron chi connectivity index (χ1n) is 5.81. The Morgan fingerprint density at radius 1 is 1.56 bits per heavy atom. The Bertz CT molecular complexity index is 448. The third kappa shape index (κ3) is 2.97. The van der Waals surface area contributed by atoms with Gasteiger partial charge in [0, 0.05) is 6.20 Å². The summed E-state index contributed by atoms with van der Waals surface area (Å²) >= 11 is 0. The van der Waals surface area contributed by atoms with Gasteiger partial charge in [0.25, 0.3) is 0 Å². The monoisotopic (exact) mass is 251 g/mol. The van der Waals surface area contributed by atoms with Crippen molar-refractivity contribution in [2.75, 3.05) is 5.73 Å². The second-order valence-corrected chi connectivity index (χ2v) is 3.72. The molecule has 18 heavy (non-hydrogen) atoms. The standard InChI is InChI=1S/C10H11N3O3.C2H6/c11-7-4-5(1-2-12-7)3-6-8(10(15)16)13-9(6)14;1-2/h1-2,4,6,8H,3H2,(H2,11,12)(H,13,14)(H,15,16);1-2H3/t6-,8?;/m1./s1. The van der Waals surface area contributed by atoms with Gasteiger partial charge >= 0.3 is 5.97 Å². The number of carbonyl (C=O) groups excluding carboxylic acids is 1. The van der Waals surface area contributed by atoms with Crippen molar-refractivity contribution >= 4 is 17.7 Å². The fourth-order valence-electron chi connectivity index (χ4n) is 1.74. The summed E-state index contributed by atoms with van der Waals surface area (Å²) < 4.78 is 0. The maximum absolute atomic E-state index is 11.2. The van der Waals surface area contributed by atoms with Gasteiger partial charge in [-0.25, -0.2) is 9.78 Å². The van der Waals surface area contributed by atoms with Gasteiger partial charge in [0.1, 0.15) is 11.9 Å². The molecular formula is C12H17N3O3. The lowest BCUT2D eigenvalue weighted by molar-refractivity contribution is -0.153. The minimum Gasteiger partial charge on any atom is -0.480 e. The molecule has 1 saturated heterocycles. The topological polar surface area (TPSA) is 105 Å². The quantitative estimate of drug-likeness (QED) is 0.676. The first-order chi connectivity index (χ1) is 8.58. The number of nitrogen functional groups attached to an aromatic ring is 1. The first-order valence-corrected chi connectivity index (χ1v) is 5.81. The van der Waals surface area contributed by atoms with Gasteiger partial charge in [-0.1, -0.05) is 13.8 Å². The molecule has 1 fully saturated rings. The number of nitrogens with zero attached hydrogens (tertiary/aromatic N) is 1. The summed E-state index contributed by atoms with van der Waals surface area (Å²) in [5.41, 5.74) is 6.31. The molecule has 0 bridgehead atoms. The van der Waals surface area contributed by atoms with Crippen molar-refractivity contribution in [3.05, 3.63) is 23.9 Å². The first kappa shape index (κ1) is 14.0. The average molecular weight is 251 g/mol. The predicted octanol–water partition coefficient (Wildman–Crippen LogP) is 0.432. The number of aromatic nitrogens is 1. The number of hydrogen-bond donors (Lipinski definition) is 3. The number of carboxylic acid groups (broad SMARTS) is 1. The van der Waals surface area contributed by atoms with Crippen LogP contribution in [0.4, 0.5) is 5.82 Å². The van der Waals surface area contributed by atoms with Gasteiger partial charge in [0.2, 0.25) is 5.91 Å². The molecule has 98 valence electrons. The van der Waals surface area contributed by atoms with Crippen LogP contribution in [0.15, 0.2) is 18.3 Å². The van der Waals surface area contributed by atoms with E-state index in [1.165, 1.54) is 6.20 Å². The van der Waals surface area contributed by atoms with Crippen LogP contribution in [0, 0.1) is 5.92 Å². The minimum absolute atomic E-state index is 0.234. The Morgan fingerprint density at radius 3 is 2.72 bits per heavy atom. The summed E-state index contributed by atoms with van der Waals surface area (Å²) in [6, 6.07) is 2.58. The van der Waals surface area contributed by atoms with E-state index >= 15 is 0 Å². The molecule has 2 rings (SSSR count). The van der Waals surface area contributed by atoms with Crippen LogP contribution in [0.5, 0.6) is 0 Å². The van der Waals surface area contributed by atoms with Gasteiger partial charge in [0.05, 0.1) is 5.92 Å². The highest BCUT2D eigenvalue weighted by Gasteiger charge is 2.43. The third-order valence-corrected chi connectivity index (χ3v) is 2.60. The van der Waals surface area contributed by atoms with Crippen molar-refractivity contribution < 1.29 is 14.7 Å². The molecule has 1 aliphatic heterocycles. The molecule has 1 amide bonds. The Labute approximate surface area is 105 Å². The number of rotatable bonds is 3. The number of nitrogens with one attached hydrogen (secondary N) is 1. The Hall–Kier alpha value is -2.11. The molecule has 6 heteroatoms. The normalized spacial score (nSPS) is 21.1. The van der Waals surface area contributed by atoms with E-state index in [-0.39, 0.29) is 5.91 Å². The molecule has 6 nitrogen and oxygen atoms in total. The molecule has 0 spiro atoms. The van der Waals surface area contributed by atoms with Crippen LogP contribution >= 0.6 is 0 Å². The number of carboxylic acids is 1. The van der Waals surface area contributed by atoms with E-state index < -0.39 is 17.9 Å². The van der Waals surface area contributed by atoms with E-state index in [1.54, 1.807) is 12.1 Å². The molecule has 0 saturated carbocycles. The summed E-state index contributed by atoms with van der Waals surface area (Å²) in [6.45, 7) is 4.00. The van der Waals surface area contributed by atoms with E-state index in [0.717, 1.165) is 5.56 Å². The maximum Gasteiger partial charge on any atom is 0.327 e. The maximum atomic E-state index is 11.2. The number of β-lactam (4-membered cyclic amide) rings is 1. The zero-order valence-electron chi connectivity index (χ0n) is 10.4. The summed E-state index contributed by atoms with van der Waals surface area (Å²) in [7, 11) is 0. The summed E-state index contributed by atoms with van der Waals surface area (Å²) in [5, 5.41) is 11.1. The molecular weight excluding hydrogens is 234 g/mol. The number of hydrogen-bond acceptors (Lipinski definition) is 4. The molecule has 2 atom stereocenters. The van der Waals surface area contributed by atoms with E-state index in [0.29, 0.717) is 12.2 Å². The molecule has 2 heterocycles. The van der Waals surface area contributed by atoms with Crippen molar-refractivity contribution in [3.8, 4) is 0 Å². The largest absolute Gasteiger partial charge is 0.480 e. The summed E-state index contributed by atoms with van der Waals surface area (Å²) in [4.78, 5) is 25.8. The van der Waals surface area contributed by atoms with Crippen LogP contribution in [0.2, 0.25) is 0 Å². The molecule has 1 aromatic heterocycles. The third-order valence-electron chi connectivity index (χ3n) is 2.60. The van der Waals surface area contributed by atoms with E-state index in [1.807, 2.05) is 13.8 Å². The number of anilines is 1. The van der Waals surface area contributed by atoms with Gasteiger partial charge in [-0.05, 0) is 24.1 Å². The minimum atomic E-state index is -1.01. The lowest BCUT2D eigenvalue weighted by Gasteiger charge is -2.33. The fourth-order valence-corrected chi connectivity index (χ4v) is 1.74. The smallest absolute Gasteiger partial charge is 0.327 e. The molecule has 1 aliphatic rings. The highest BCUT2D eigenvalue weighted by Crippen LogP contribution is 2.21. The highest BCUT2D eigenvalue weighted by atomic mass is 16.4. The number of aliphatic carboxylic acids is 1. The SMILES string of the molecule is CC.Nc1cc(C[C@H]2C(=O)NC2C(=O)O)ccn1. The number of amides is 1. The number of carbonyl (C=O) groups is 2. The van der Waals surface area contributed by atoms with E-state index in [9.17, 15) is 9.59 Å². The van der Waals surface area contributed by atoms with Gasteiger partial charge in [0.15, 0.2) is 0 Å². The van der Waals surface area contributed by atoms with Gasteiger partial charge < -0.3 is 16.2 Å². The van der Waals surface area contributed by atoms with Crippen molar-refractivity contribution in [1.29, 1.82) is 0 Å². The Kier molecular flexibility index (Phi) is 4.65. The second-order valence-electron chi connectivity index (χ2n) is 3.72. The predicted molar refractivity (Wildman–Crippen MR) is 66.8 cm³/mol. The average Bonchev–Trinajstić information content (AvgIpc) is 2.35. The van der Waals surface area contributed by atoms with Gasteiger partial charge in [-0.3, -0.25) is 4.79 Å². The van der Waals surface area contributed by atoms with Crippen molar-refractivity contribution in [3.63, 3.8) is 0 Å². The van der Waals surface area contributed by atoms with E-state index in [4.69, 9.17) is 10.8 Å². The van der Waals surface area contributed by atoms with Crippen LogP contribution in [0.3, 0.4) is 0 Å². The Balaban J connectivity index is 0.000000771. The number of nitrogens with two attached hydrogens (primary N) is 1. The number of pyridine rings is 1. The lowest BCUT2D eigenvalue weighted by Crippen LogP contribution is -2.62. The van der Waals surface area contributed by atoms with Gasteiger partial charge in [-0.15, -0.1) is 0 Å². The van der Waals surface area contributed by atoms with Crippen LogP contribution in [0.25, 0.3) is 0 Å².